The number of rotatable bonds is 3. The molecule has 1 rings (SSSR count). The van der Waals surface area contributed by atoms with Crippen LogP contribution in [0, 0.1) is 0 Å². The smallest absolute Gasteiger partial charge is 0.287 e. The van der Waals surface area contributed by atoms with Crippen molar-refractivity contribution in [2.24, 2.45) is 0 Å². The molecule has 1 aromatic carbocycles. The Morgan fingerprint density at radius 2 is 1.47 bits per heavy atom. The molecule has 4 heteroatoms. The van der Waals surface area contributed by atoms with Crippen molar-refractivity contribution in [3.63, 3.8) is 0 Å². The Hall–Kier alpha value is -1.35. The summed E-state index contributed by atoms with van der Waals surface area (Å²) in [6.45, 7) is 11.0. The summed E-state index contributed by atoms with van der Waals surface area (Å²) in [5.41, 5.74) is 0.911. The van der Waals surface area contributed by atoms with E-state index in [0.29, 0.717) is 5.02 Å². The first kappa shape index (κ1) is 20.0. The minimum absolute atomic E-state index is 0.196. The zero-order valence-electron chi connectivity index (χ0n) is 12.6. The molecule has 0 aromatic heterocycles. The third-order valence-corrected chi connectivity index (χ3v) is 2.29. The normalized spacial score (nSPS) is 10.1. The van der Waals surface area contributed by atoms with Crippen LogP contribution in [0.2, 0.25) is 5.02 Å². The third-order valence-electron chi connectivity index (χ3n) is 2.04. The summed E-state index contributed by atoms with van der Waals surface area (Å²) in [7, 11) is 0. The van der Waals surface area contributed by atoms with Crippen molar-refractivity contribution < 1.29 is 9.59 Å². The lowest BCUT2D eigenvalue weighted by atomic mass is 10.1. The molecule has 0 fully saturated rings. The lowest BCUT2D eigenvalue weighted by molar-refractivity contribution is -0.137. The van der Waals surface area contributed by atoms with Crippen molar-refractivity contribution in [2.45, 2.75) is 47.6 Å². The fourth-order valence-electron chi connectivity index (χ4n) is 1.13. The number of amides is 1. The lowest BCUT2D eigenvalue weighted by Crippen LogP contribution is -2.31. The highest BCUT2D eigenvalue weighted by Gasteiger charge is 2.12. The highest BCUT2D eigenvalue weighted by atomic mass is 35.5. The molecule has 0 aliphatic carbocycles. The first-order valence-corrected chi connectivity index (χ1v) is 6.95. The Kier molecular flexibility index (Phi) is 12.3. The minimum atomic E-state index is -0.572. The Morgan fingerprint density at radius 3 is 1.84 bits per heavy atom. The van der Waals surface area contributed by atoms with Gasteiger partial charge in [0.15, 0.2) is 0 Å². The molecule has 1 aromatic rings. The van der Waals surface area contributed by atoms with Crippen LogP contribution in [0.25, 0.3) is 0 Å². The molecule has 1 atom stereocenters. The van der Waals surface area contributed by atoms with Gasteiger partial charge in [-0.2, -0.15) is 0 Å². The van der Waals surface area contributed by atoms with Crippen LogP contribution in [0.1, 0.15) is 53.1 Å². The first-order chi connectivity index (χ1) is 9.00. The van der Waals surface area contributed by atoms with Crippen molar-refractivity contribution >= 4 is 23.3 Å². The predicted molar refractivity (Wildman–Crippen MR) is 81.4 cm³/mol. The summed E-state index contributed by atoms with van der Waals surface area (Å²) in [4.78, 5) is 21.8. The Labute approximate surface area is 121 Å². The molecular weight excluding hydrogens is 262 g/mol. The fourth-order valence-corrected chi connectivity index (χ4v) is 1.26. The van der Waals surface area contributed by atoms with Gasteiger partial charge in [-0.25, -0.2) is 0 Å². The molecular formula is C15H24ClNO2. The summed E-state index contributed by atoms with van der Waals surface area (Å²) in [6, 6.07) is 6.92. The highest BCUT2D eigenvalue weighted by molar-refractivity contribution is 6.35. The van der Waals surface area contributed by atoms with Gasteiger partial charge in [0.05, 0.1) is 6.04 Å². The molecule has 108 valence electrons. The van der Waals surface area contributed by atoms with Crippen LogP contribution in [0.5, 0.6) is 0 Å². The quantitative estimate of drug-likeness (QED) is 0.848. The molecule has 0 spiro atoms. The third kappa shape index (κ3) is 8.38. The number of carbonyl (C=O) groups excluding carboxylic acids is 2. The second-order valence-corrected chi connectivity index (χ2v) is 3.74. The van der Waals surface area contributed by atoms with Gasteiger partial charge >= 0.3 is 0 Å². The van der Waals surface area contributed by atoms with Crippen molar-refractivity contribution in [3.8, 4) is 0 Å². The summed E-state index contributed by atoms with van der Waals surface area (Å²) in [6.07, 6.45) is 0. The number of halogens is 1. The van der Waals surface area contributed by atoms with Crippen LogP contribution >= 0.6 is 11.6 Å². The molecule has 19 heavy (non-hydrogen) atoms. The summed E-state index contributed by atoms with van der Waals surface area (Å²) in [5, 5.41) is 3.23. The molecule has 0 aliphatic rings. The number of nitrogens with one attached hydrogen (secondary N) is 1. The van der Waals surface area contributed by atoms with Crippen LogP contribution in [0.15, 0.2) is 24.3 Å². The summed E-state index contributed by atoms with van der Waals surface area (Å²) >= 11 is 5.73. The lowest BCUT2D eigenvalue weighted by Gasteiger charge is -2.12. The maximum atomic E-state index is 11.1. The molecule has 0 bridgehead atoms. The Balaban J connectivity index is 0. The van der Waals surface area contributed by atoms with Gasteiger partial charge in [0.2, 0.25) is 5.78 Å². The standard InChI is InChI=1S/C11H12ClNO2.2C2H6/c1-7(13-11(15)8(2)14)9-3-5-10(12)6-4-9;2*1-2/h3-7H,1-2H3,(H,13,15);2*1-2H3. The number of carbonyl (C=O) groups is 2. The van der Waals surface area contributed by atoms with Crippen LogP contribution in [-0.2, 0) is 9.59 Å². The van der Waals surface area contributed by atoms with E-state index in [-0.39, 0.29) is 6.04 Å². The van der Waals surface area contributed by atoms with Gasteiger partial charge in [0, 0.05) is 11.9 Å². The second-order valence-electron chi connectivity index (χ2n) is 3.30. The molecule has 1 N–H and O–H groups in total. The number of ketones is 1. The zero-order chi connectivity index (χ0) is 15.4. The average Bonchev–Trinajstić information content (AvgIpc) is 2.43. The van der Waals surface area contributed by atoms with Crippen molar-refractivity contribution in [1.29, 1.82) is 0 Å². The molecule has 1 amide bonds. The maximum Gasteiger partial charge on any atom is 0.287 e. The van der Waals surface area contributed by atoms with Crippen LogP contribution in [0.4, 0.5) is 0 Å². The number of Topliss-reactive ketones (excluding diaryl/α,β-unsaturated/α-hetero) is 1. The van der Waals surface area contributed by atoms with Crippen LogP contribution in [0.3, 0.4) is 0 Å². The van der Waals surface area contributed by atoms with Gasteiger partial charge < -0.3 is 5.32 Å². The monoisotopic (exact) mass is 285 g/mol. The van der Waals surface area contributed by atoms with Gasteiger partial charge in [0.1, 0.15) is 0 Å². The maximum absolute atomic E-state index is 11.1. The molecule has 0 heterocycles. The van der Waals surface area contributed by atoms with Gasteiger partial charge in [0.25, 0.3) is 5.91 Å². The zero-order valence-corrected chi connectivity index (χ0v) is 13.3. The Bertz CT molecular complexity index is 374. The van der Waals surface area contributed by atoms with E-state index in [0.717, 1.165) is 5.56 Å². The molecule has 3 nitrogen and oxygen atoms in total. The van der Waals surface area contributed by atoms with E-state index in [1.165, 1.54) is 6.92 Å². The van der Waals surface area contributed by atoms with Crippen LogP contribution in [-0.4, -0.2) is 11.7 Å². The van der Waals surface area contributed by atoms with E-state index in [1.807, 2.05) is 46.8 Å². The topological polar surface area (TPSA) is 46.2 Å². The average molecular weight is 286 g/mol. The van der Waals surface area contributed by atoms with Gasteiger partial charge in [-0.3, -0.25) is 9.59 Å². The molecule has 0 saturated carbocycles. The van der Waals surface area contributed by atoms with Crippen molar-refractivity contribution in [2.75, 3.05) is 0 Å². The van der Waals surface area contributed by atoms with Gasteiger partial charge in [-0.1, -0.05) is 51.4 Å². The SMILES string of the molecule is CC.CC.CC(=O)C(=O)NC(C)c1ccc(Cl)cc1. The largest absolute Gasteiger partial charge is 0.343 e. The highest BCUT2D eigenvalue weighted by Crippen LogP contribution is 2.15. The second kappa shape index (κ2) is 11.7. The van der Waals surface area contributed by atoms with Crippen molar-refractivity contribution in [3.05, 3.63) is 34.9 Å². The molecule has 0 saturated heterocycles. The van der Waals surface area contributed by atoms with E-state index in [2.05, 4.69) is 5.32 Å². The molecule has 0 radical (unpaired) electrons. The Morgan fingerprint density at radius 1 is 1.05 bits per heavy atom. The van der Waals surface area contributed by atoms with Gasteiger partial charge in [-0.05, 0) is 24.6 Å². The van der Waals surface area contributed by atoms with Crippen molar-refractivity contribution in [1.82, 2.24) is 5.32 Å². The van der Waals surface area contributed by atoms with E-state index in [1.54, 1.807) is 12.1 Å². The van der Waals surface area contributed by atoms with Crippen LogP contribution < -0.4 is 5.32 Å². The number of hydrogen-bond acceptors (Lipinski definition) is 2. The summed E-state index contributed by atoms with van der Waals surface area (Å²) in [5.74, 6) is -1.06. The number of hydrogen-bond donors (Lipinski definition) is 1. The van der Waals surface area contributed by atoms with E-state index in [4.69, 9.17) is 11.6 Å². The van der Waals surface area contributed by atoms with E-state index in [9.17, 15) is 9.59 Å². The first-order valence-electron chi connectivity index (χ1n) is 6.57. The van der Waals surface area contributed by atoms with E-state index < -0.39 is 11.7 Å². The van der Waals surface area contributed by atoms with E-state index >= 15 is 0 Å². The van der Waals surface area contributed by atoms with Gasteiger partial charge in [-0.15, -0.1) is 0 Å². The number of benzene rings is 1. The fraction of sp³-hybridized carbons (Fsp3) is 0.467. The molecule has 1 unspecified atom stereocenters. The minimum Gasteiger partial charge on any atom is -0.343 e. The predicted octanol–water partition coefficient (Wildman–Crippen LogP) is 4.16. The molecule has 0 aliphatic heterocycles. The summed E-state index contributed by atoms with van der Waals surface area (Å²) < 4.78 is 0.